The number of nitrogens with zero attached hydrogens (tertiary/aromatic N) is 3. The molecule has 0 unspecified atom stereocenters. The molecule has 2 heterocycles. The van der Waals surface area contributed by atoms with E-state index in [0.717, 1.165) is 21.3 Å². The van der Waals surface area contributed by atoms with Gasteiger partial charge in [0.25, 0.3) is 5.89 Å². The van der Waals surface area contributed by atoms with E-state index in [4.69, 9.17) is 8.94 Å². The maximum Gasteiger partial charge on any atom is 0.253 e. The van der Waals surface area contributed by atoms with Gasteiger partial charge in [-0.1, -0.05) is 51.4 Å². The van der Waals surface area contributed by atoms with Crippen LogP contribution in [-0.4, -0.2) is 15.4 Å². The van der Waals surface area contributed by atoms with Crippen molar-refractivity contribution in [2.75, 3.05) is 5.32 Å². The average Bonchev–Trinajstić information content (AvgIpc) is 3.28. The topological polar surface area (TPSA) is 77.0 Å². The lowest BCUT2D eigenvalue weighted by molar-refractivity contribution is 0.399. The van der Waals surface area contributed by atoms with E-state index in [1.165, 1.54) is 0 Å². The highest BCUT2D eigenvalue weighted by molar-refractivity contribution is 9.10. The summed E-state index contributed by atoms with van der Waals surface area (Å²) in [6.45, 7) is 2.26. The standard InChI is InChI=1S/C19H15BrN4O2/c1-12-17(18(24-26-12)13-5-3-2-4-6-13)19-23-22-16(25-19)11-21-15-9-7-14(20)8-10-15/h2-10,21H,11H2,1H3. The Labute approximate surface area is 158 Å². The molecule has 0 fully saturated rings. The lowest BCUT2D eigenvalue weighted by Gasteiger charge is -2.02. The second-order valence-electron chi connectivity index (χ2n) is 5.69. The molecule has 26 heavy (non-hydrogen) atoms. The van der Waals surface area contributed by atoms with Crippen LogP contribution in [0.25, 0.3) is 22.7 Å². The van der Waals surface area contributed by atoms with Crippen LogP contribution in [0.4, 0.5) is 5.69 Å². The van der Waals surface area contributed by atoms with Crippen molar-refractivity contribution in [3.8, 4) is 22.7 Å². The molecule has 4 aromatic rings. The van der Waals surface area contributed by atoms with Crippen molar-refractivity contribution in [1.82, 2.24) is 15.4 Å². The van der Waals surface area contributed by atoms with Crippen molar-refractivity contribution in [2.24, 2.45) is 0 Å². The monoisotopic (exact) mass is 410 g/mol. The quantitative estimate of drug-likeness (QED) is 0.494. The van der Waals surface area contributed by atoms with Crippen LogP contribution in [0.3, 0.4) is 0 Å². The van der Waals surface area contributed by atoms with Crippen LogP contribution >= 0.6 is 15.9 Å². The fourth-order valence-corrected chi connectivity index (χ4v) is 2.85. The van der Waals surface area contributed by atoms with E-state index in [1.807, 2.05) is 61.5 Å². The molecular weight excluding hydrogens is 396 g/mol. The molecule has 7 heteroatoms. The van der Waals surface area contributed by atoms with Gasteiger partial charge in [0.15, 0.2) is 0 Å². The van der Waals surface area contributed by atoms with Gasteiger partial charge in [0.2, 0.25) is 5.89 Å². The van der Waals surface area contributed by atoms with Gasteiger partial charge in [-0.05, 0) is 31.2 Å². The Morgan fingerprint density at radius 1 is 1.00 bits per heavy atom. The lowest BCUT2D eigenvalue weighted by atomic mass is 10.1. The van der Waals surface area contributed by atoms with Crippen LogP contribution in [0.5, 0.6) is 0 Å². The van der Waals surface area contributed by atoms with Crippen LogP contribution in [-0.2, 0) is 6.54 Å². The van der Waals surface area contributed by atoms with Crippen molar-refractivity contribution in [3.05, 3.63) is 70.7 Å². The predicted octanol–water partition coefficient (Wildman–Crippen LogP) is 5.07. The molecule has 130 valence electrons. The van der Waals surface area contributed by atoms with E-state index in [2.05, 4.69) is 36.6 Å². The number of hydrogen-bond donors (Lipinski definition) is 1. The largest absolute Gasteiger partial charge is 0.419 e. The highest BCUT2D eigenvalue weighted by Crippen LogP contribution is 2.33. The van der Waals surface area contributed by atoms with Crippen LogP contribution in [0, 0.1) is 6.92 Å². The third kappa shape index (κ3) is 3.39. The predicted molar refractivity (Wildman–Crippen MR) is 101 cm³/mol. The van der Waals surface area contributed by atoms with E-state index in [-0.39, 0.29) is 0 Å². The molecule has 0 amide bonds. The van der Waals surface area contributed by atoms with Crippen molar-refractivity contribution in [3.63, 3.8) is 0 Å². The van der Waals surface area contributed by atoms with Crippen molar-refractivity contribution >= 4 is 21.6 Å². The van der Waals surface area contributed by atoms with E-state index >= 15 is 0 Å². The number of aryl methyl sites for hydroxylation is 1. The van der Waals surface area contributed by atoms with Gasteiger partial charge in [-0.15, -0.1) is 10.2 Å². The van der Waals surface area contributed by atoms with Crippen LogP contribution in [0.15, 0.2) is 68.0 Å². The van der Waals surface area contributed by atoms with Gasteiger partial charge in [-0.2, -0.15) is 0 Å². The minimum Gasteiger partial charge on any atom is -0.419 e. The third-order valence-electron chi connectivity index (χ3n) is 3.88. The summed E-state index contributed by atoms with van der Waals surface area (Å²) in [5, 5.41) is 15.7. The Morgan fingerprint density at radius 3 is 2.54 bits per heavy atom. The number of benzene rings is 2. The summed E-state index contributed by atoms with van der Waals surface area (Å²) >= 11 is 3.42. The van der Waals surface area contributed by atoms with Crippen molar-refractivity contribution in [1.29, 1.82) is 0 Å². The van der Waals surface area contributed by atoms with Gasteiger partial charge in [0.05, 0.1) is 6.54 Å². The number of aromatic nitrogens is 3. The fraction of sp³-hybridized carbons (Fsp3) is 0.105. The average molecular weight is 411 g/mol. The van der Waals surface area contributed by atoms with E-state index in [0.29, 0.717) is 29.8 Å². The van der Waals surface area contributed by atoms with Gasteiger partial charge in [-0.3, -0.25) is 0 Å². The normalized spacial score (nSPS) is 10.8. The van der Waals surface area contributed by atoms with Crippen LogP contribution < -0.4 is 5.32 Å². The Bertz CT molecular complexity index is 1010. The Balaban J connectivity index is 1.57. The van der Waals surface area contributed by atoms with Crippen LogP contribution in [0.2, 0.25) is 0 Å². The molecule has 6 nitrogen and oxygen atoms in total. The number of anilines is 1. The van der Waals surface area contributed by atoms with Crippen LogP contribution in [0.1, 0.15) is 11.7 Å². The van der Waals surface area contributed by atoms with E-state index in [9.17, 15) is 0 Å². The molecule has 0 radical (unpaired) electrons. The summed E-state index contributed by atoms with van der Waals surface area (Å²) in [5.41, 5.74) is 3.32. The molecule has 0 bridgehead atoms. The molecule has 0 saturated carbocycles. The number of rotatable bonds is 5. The summed E-state index contributed by atoms with van der Waals surface area (Å²) in [5.74, 6) is 1.53. The molecule has 0 aliphatic rings. The first-order valence-electron chi connectivity index (χ1n) is 8.04. The van der Waals surface area contributed by atoms with Crippen molar-refractivity contribution in [2.45, 2.75) is 13.5 Å². The fourth-order valence-electron chi connectivity index (χ4n) is 2.59. The highest BCUT2D eigenvalue weighted by atomic mass is 79.9. The van der Waals surface area contributed by atoms with E-state index in [1.54, 1.807) is 0 Å². The summed E-state index contributed by atoms with van der Waals surface area (Å²) < 4.78 is 12.2. The Morgan fingerprint density at radius 2 is 1.77 bits per heavy atom. The Hall–Kier alpha value is -2.93. The van der Waals surface area contributed by atoms with E-state index < -0.39 is 0 Å². The summed E-state index contributed by atoms with van der Waals surface area (Å²) in [6, 6.07) is 17.7. The molecular formula is C19H15BrN4O2. The number of nitrogens with one attached hydrogen (secondary N) is 1. The maximum absolute atomic E-state index is 5.82. The van der Waals surface area contributed by atoms with Gasteiger partial charge >= 0.3 is 0 Å². The second kappa shape index (κ2) is 7.13. The smallest absolute Gasteiger partial charge is 0.253 e. The first-order valence-corrected chi connectivity index (χ1v) is 8.84. The number of halogens is 1. The summed E-state index contributed by atoms with van der Waals surface area (Å²) in [4.78, 5) is 0. The zero-order valence-electron chi connectivity index (χ0n) is 13.9. The second-order valence-corrected chi connectivity index (χ2v) is 6.61. The van der Waals surface area contributed by atoms with Gasteiger partial charge in [0, 0.05) is 15.7 Å². The first kappa shape index (κ1) is 16.5. The van der Waals surface area contributed by atoms with Crippen molar-refractivity contribution < 1.29 is 8.94 Å². The maximum atomic E-state index is 5.82. The zero-order valence-corrected chi connectivity index (χ0v) is 15.5. The first-order chi connectivity index (χ1) is 12.7. The lowest BCUT2D eigenvalue weighted by Crippen LogP contribution is -1.99. The number of hydrogen-bond acceptors (Lipinski definition) is 6. The Kier molecular flexibility index (Phi) is 4.53. The SMILES string of the molecule is Cc1onc(-c2ccccc2)c1-c1nnc(CNc2ccc(Br)cc2)o1. The molecule has 1 N–H and O–H groups in total. The molecule has 0 spiro atoms. The van der Waals surface area contributed by atoms with Gasteiger partial charge in [0.1, 0.15) is 17.0 Å². The molecule has 0 atom stereocenters. The third-order valence-corrected chi connectivity index (χ3v) is 4.41. The van der Waals surface area contributed by atoms with Gasteiger partial charge < -0.3 is 14.3 Å². The molecule has 0 saturated heterocycles. The summed E-state index contributed by atoms with van der Waals surface area (Å²) in [7, 11) is 0. The molecule has 4 rings (SSSR count). The summed E-state index contributed by atoms with van der Waals surface area (Å²) in [6.07, 6.45) is 0. The molecule has 0 aliphatic heterocycles. The zero-order chi connectivity index (χ0) is 17.9. The highest BCUT2D eigenvalue weighted by Gasteiger charge is 2.21. The molecule has 0 aliphatic carbocycles. The minimum atomic E-state index is 0.398. The molecule has 2 aromatic carbocycles. The van der Waals surface area contributed by atoms with Gasteiger partial charge in [-0.25, -0.2) is 0 Å². The molecule has 2 aromatic heterocycles. The minimum absolute atomic E-state index is 0.398.